The summed E-state index contributed by atoms with van der Waals surface area (Å²) in [4.78, 5) is 30.8. The molecule has 0 saturated carbocycles. The number of benzene rings is 1. The van der Waals surface area contributed by atoms with Crippen LogP contribution in [0.4, 0.5) is 0 Å². The normalized spacial score (nSPS) is 14.6. The molecule has 0 atom stereocenters. The molecular formula is C17H19N3O3. The van der Waals surface area contributed by atoms with Crippen molar-refractivity contribution >= 4 is 11.8 Å². The van der Waals surface area contributed by atoms with Crippen LogP contribution in [0.5, 0.6) is 5.75 Å². The molecule has 0 radical (unpaired) electrons. The number of carbonyl (C=O) groups is 2. The zero-order chi connectivity index (χ0) is 16.1. The van der Waals surface area contributed by atoms with E-state index in [1.165, 1.54) is 0 Å². The second-order valence-electron chi connectivity index (χ2n) is 5.37. The number of nitrogens with zero attached hydrogens (tertiary/aromatic N) is 2. The third-order valence-corrected chi connectivity index (χ3v) is 3.87. The Labute approximate surface area is 134 Å². The van der Waals surface area contributed by atoms with E-state index >= 15 is 0 Å². The monoisotopic (exact) mass is 313 g/mol. The first-order valence-corrected chi connectivity index (χ1v) is 7.62. The molecule has 6 heteroatoms. The Bertz CT molecular complexity index is 647. The van der Waals surface area contributed by atoms with Crippen molar-refractivity contribution in [2.24, 2.45) is 0 Å². The molecule has 23 heavy (non-hydrogen) atoms. The number of piperazine rings is 1. The lowest BCUT2D eigenvalue weighted by Gasteiger charge is -2.34. The van der Waals surface area contributed by atoms with E-state index < -0.39 is 0 Å². The second kappa shape index (κ2) is 7.00. The standard InChI is InChI=1S/C17H19N3O3/c21-16(13-23-15-4-2-1-3-5-15)19-8-10-20(11-9-19)17(22)14-6-7-18-12-14/h1-7,12,18H,8-11,13H2. The lowest BCUT2D eigenvalue weighted by molar-refractivity contribution is -0.134. The van der Waals surface area contributed by atoms with Gasteiger partial charge >= 0.3 is 0 Å². The summed E-state index contributed by atoms with van der Waals surface area (Å²) >= 11 is 0. The van der Waals surface area contributed by atoms with Crippen LogP contribution in [0.2, 0.25) is 0 Å². The number of hydrogen-bond acceptors (Lipinski definition) is 3. The van der Waals surface area contributed by atoms with Crippen molar-refractivity contribution in [3.05, 3.63) is 54.4 Å². The van der Waals surface area contributed by atoms with Gasteiger partial charge in [0.2, 0.25) is 0 Å². The first-order valence-electron chi connectivity index (χ1n) is 7.62. The van der Waals surface area contributed by atoms with Crippen LogP contribution in [-0.2, 0) is 4.79 Å². The van der Waals surface area contributed by atoms with Gasteiger partial charge in [-0.05, 0) is 18.2 Å². The predicted octanol–water partition coefficient (Wildman–Crippen LogP) is 1.38. The zero-order valence-corrected chi connectivity index (χ0v) is 12.8. The van der Waals surface area contributed by atoms with Gasteiger partial charge in [-0.3, -0.25) is 9.59 Å². The van der Waals surface area contributed by atoms with E-state index in [9.17, 15) is 9.59 Å². The number of amides is 2. The van der Waals surface area contributed by atoms with Crippen molar-refractivity contribution in [2.75, 3.05) is 32.8 Å². The van der Waals surface area contributed by atoms with Gasteiger partial charge in [-0.25, -0.2) is 0 Å². The fourth-order valence-electron chi connectivity index (χ4n) is 2.55. The number of ether oxygens (including phenoxy) is 1. The largest absolute Gasteiger partial charge is 0.484 e. The van der Waals surface area contributed by atoms with Gasteiger partial charge in [0.05, 0.1) is 5.56 Å². The molecule has 0 aliphatic carbocycles. The molecule has 2 heterocycles. The summed E-state index contributed by atoms with van der Waals surface area (Å²) in [7, 11) is 0. The molecule has 1 saturated heterocycles. The number of aromatic amines is 1. The van der Waals surface area contributed by atoms with E-state index in [0.717, 1.165) is 0 Å². The average molecular weight is 313 g/mol. The van der Waals surface area contributed by atoms with E-state index in [2.05, 4.69) is 4.98 Å². The topological polar surface area (TPSA) is 65.6 Å². The Kier molecular flexibility index (Phi) is 4.61. The molecule has 1 aromatic carbocycles. The van der Waals surface area contributed by atoms with Gasteiger partial charge in [0.1, 0.15) is 5.75 Å². The predicted molar refractivity (Wildman–Crippen MR) is 85.2 cm³/mol. The molecule has 1 aliphatic heterocycles. The van der Waals surface area contributed by atoms with Crippen LogP contribution in [0.25, 0.3) is 0 Å². The summed E-state index contributed by atoms with van der Waals surface area (Å²) in [6.07, 6.45) is 3.42. The number of carbonyl (C=O) groups excluding carboxylic acids is 2. The Morgan fingerprint density at radius 2 is 1.70 bits per heavy atom. The molecule has 0 bridgehead atoms. The van der Waals surface area contributed by atoms with Crippen LogP contribution in [0, 0.1) is 0 Å². The zero-order valence-electron chi connectivity index (χ0n) is 12.8. The van der Waals surface area contributed by atoms with Gasteiger partial charge < -0.3 is 19.5 Å². The third kappa shape index (κ3) is 3.71. The van der Waals surface area contributed by atoms with E-state index in [1.54, 1.807) is 28.3 Å². The van der Waals surface area contributed by atoms with Gasteiger partial charge in [0, 0.05) is 38.6 Å². The summed E-state index contributed by atoms with van der Waals surface area (Å²) in [6, 6.07) is 11.0. The Balaban J connectivity index is 1.47. The summed E-state index contributed by atoms with van der Waals surface area (Å²) in [5.41, 5.74) is 0.650. The van der Waals surface area contributed by atoms with Crippen molar-refractivity contribution in [1.82, 2.24) is 14.8 Å². The maximum absolute atomic E-state index is 12.2. The maximum atomic E-state index is 12.2. The van der Waals surface area contributed by atoms with Gasteiger partial charge in [-0.2, -0.15) is 0 Å². The number of H-pyrrole nitrogens is 1. The van der Waals surface area contributed by atoms with E-state index in [1.807, 2.05) is 30.3 Å². The van der Waals surface area contributed by atoms with Crippen LogP contribution in [0.3, 0.4) is 0 Å². The molecule has 0 spiro atoms. The summed E-state index contributed by atoms with van der Waals surface area (Å²) in [5.74, 6) is 0.628. The molecule has 1 aromatic heterocycles. The molecule has 0 unspecified atom stereocenters. The molecule has 1 fully saturated rings. The molecule has 1 aliphatic rings. The van der Waals surface area contributed by atoms with Crippen LogP contribution in [-0.4, -0.2) is 59.4 Å². The molecule has 6 nitrogen and oxygen atoms in total. The lowest BCUT2D eigenvalue weighted by Crippen LogP contribution is -2.51. The molecule has 2 amide bonds. The number of aromatic nitrogens is 1. The maximum Gasteiger partial charge on any atom is 0.260 e. The quantitative estimate of drug-likeness (QED) is 0.927. The smallest absolute Gasteiger partial charge is 0.260 e. The summed E-state index contributed by atoms with van der Waals surface area (Å²) in [5, 5.41) is 0. The lowest BCUT2D eigenvalue weighted by atomic mass is 10.2. The SMILES string of the molecule is O=C(COc1ccccc1)N1CCN(C(=O)c2cc[nH]c2)CC1. The molecule has 2 aromatic rings. The third-order valence-electron chi connectivity index (χ3n) is 3.87. The van der Waals surface area contributed by atoms with E-state index in [-0.39, 0.29) is 18.4 Å². The summed E-state index contributed by atoms with van der Waals surface area (Å²) < 4.78 is 5.48. The van der Waals surface area contributed by atoms with Crippen molar-refractivity contribution in [2.45, 2.75) is 0 Å². The first kappa shape index (κ1) is 15.1. The molecule has 3 rings (SSSR count). The van der Waals surface area contributed by atoms with Gasteiger partial charge in [0.15, 0.2) is 6.61 Å². The number of nitrogens with one attached hydrogen (secondary N) is 1. The fourth-order valence-corrected chi connectivity index (χ4v) is 2.55. The van der Waals surface area contributed by atoms with E-state index in [0.29, 0.717) is 37.5 Å². The minimum Gasteiger partial charge on any atom is -0.484 e. The highest BCUT2D eigenvalue weighted by Crippen LogP contribution is 2.11. The Morgan fingerprint density at radius 3 is 2.35 bits per heavy atom. The number of para-hydroxylation sites is 1. The van der Waals surface area contributed by atoms with Crippen molar-refractivity contribution in [3.63, 3.8) is 0 Å². The van der Waals surface area contributed by atoms with Crippen molar-refractivity contribution in [1.29, 1.82) is 0 Å². The second-order valence-corrected chi connectivity index (χ2v) is 5.37. The Hall–Kier alpha value is -2.76. The fraction of sp³-hybridized carbons (Fsp3) is 0.294. The number of rotatable bonds is 4. The van der Waals surface area contributed by atoms with Crippen molar-refractivity contribution in [3.8, 4) is 5.75 Å². The van der Waals surface area contributed by atoms with Gasteiger partial charge in [-0.1, -0.05) is 18.2 Å². The van der Waals surface area contributed by atoms with Gasteiger partial charge in [-0.15, -0.1) is 0 Å². The average Bonchev–Trinajstić information content (AvgIpc) is 3.15. The minimum atomic E-state index is -0.0532. The van der Waals surface area contributed by atoms with Crippen LogP contribution in [0.15, 0.2) is 48.8 Å². The number of hydrogen-bond donors (Lipinski definition) is 1. The highest BCUT2D eigenvalue weighted by Gasteiger charge is 2.25. The van der Waals surface area contributed by atoms with Crippen LogP contribution in [0.1, 0.15) is 10.4 Å². The first-order chi connectivity index (χ1) is 11.2. The highest BCUT2D eigenvalue weighted by molar-refractivity contribution is 5.94. The highest BCUT2D eigenvalue weighted by atomic mass is 16.5. The Morgan fingerprint density at radius 1 is 1.00 bits per heavy atom. The van der Waals surface area contributed by atoms with Crippen LogP contribution < -0.4 is 4.74 Å². The minimum absolute atomic E-state index is 0.00103. The van der Waals surface area contributed by atoms with E-state index in [4.69, 9.17) is 4.74 Å². The molecular weight excluding hydrogens is 294 g/mol. The molecule has 1 N–H and O–H groups in total. The molecule has 120 valence electrons. The van der Waals surface area contributed by atoms with Crippen LogP contribution >= 0.6 is 0 Å². The summed E-state index contributed by atoms with van der Waals surface area (Å²) in [6.45, 7) is 2.18. The van der Waals surface area contributed by atoms with Gasteiger partial charge in [0.25, 0.3) is 11.8 Å². The van der Waals surface area contributed by atoms with Crippen molar-refractivity contribution < 1.29 is 14.3 Å².